The van der Waals surface area contributed by atoms with Crippen molar-refractivity contribution in [2.24, 2.45) is 0 Å². The lowest BCUT2D eigenvalue weighted by atomic mass is 10.0. The lowest BCUT2D eigenvalue weighted by Crippen LogP contribution is -1.89. The molecular formula is C21H14ClNS. The highest BCUT2D eigenvalue weighted by Gasteiger charge is 2.09. The van der Waals surface area contributed by atoms with Crippen molar-refractivity contribution >= 4 is 22.9 Å². The lowest BCUT2D eigenvalue weighted by Gasteiger charge is -2.09. The van der Waals surface area contributed by atoms with Crippen LogP contribution in [0.3, 0.4) is 0 Å². The zero-order chi connectivity index (χ0) is 16.4. The fourth-order valence-electron chi connectivity index (χ4n) is 2.65. The highest BCUT2D eigenvalue weighted by atomic mass is 35.5. The minimum Gasteiger partial charge on any atom is -0.247 e. The molecule has 0 aliphatic heterocycles. The number of pyridine rings is 1. The second-order valence-corrected chi connectivity index (χ2v) is 6.86. The summed E-state index contributed by atoms with van der Waals surface area (Å²) in [5.41, 5.74) is 5.37. The zero-order valence-corrected chi connectivity index (χ0v) is 14.4. The van der Waals surface area contributed by atoms with Crippen molar-refractivity contribution < 1.29 is 0 Å². The van der Waals surface area contributed by atoms with Gasteiger partial charge >= 0.3 is 0 Å². The van der Waals surface area contributed by atoms with Gasteiger partial charge in [0.05, 0.1) is 16.3 Å². The molecule has 2 heterocycles. The van der Waals surface area contributed by atoms with Crippen LogP contribution in [-0.2, 0) is 0 Å². The minimum absolute atomic E-state index is 0.733. The molecule has 1 nitrogen and oxygen atoms in total. The molecule has 2 aromatic heterocycles. The van der Waals surface area contributed by atoms with Crippen molar-refractivity contribution in [1.29, 1.82) is 0 Å². The Balaban J connectivity index is 1.90. The van der Waals surface area contributed by atoms with Gasteiger partial charge in [0.25, 0.3) is 0 Å². The van der Waals surface area contributed by atoms with Crippen LogP contribution in [-0.4, -0.2) is 4.98 Å². The summed E-state index contributed by atoms with van der Waals surface area (Å²) in [5, 5.41) is 2.81. The number of nitrogens with zero attached hydrogens (tertiary/aromatic N) is 1. The Hall–Kier alpha value is -2.42. The summed E-state index contributed by atoms with van der Waals surface area (Å²) < 4.78 is 0. The smallest absolute Gasteiger partial charge is 0.0815 e. The molecule has 0 radical (unpaired) electrons. The fourth-order valence-corrected chi connectivity index (χ4v) is 3.46. The van der Waals surface area contributed by atoms with E-state index in [4.69, 9.17) is 16.6 Å². The van der Waals surface area contributed by atoms with Crippen molar-refractivity contribution in [3.8, 4) is 33.0 Å². The molecule has 0 bridgehead atoms. The zero-order valence-electron chi connectivity index (χ0n) is 12.8. The second kappa shape index (κ2) is 6.60. The Bertz CT molecular complexity index is 945. The molecular weight excluding hydrogens is 334 g/mol. The predicted octanol–water partition coefficient (Wildman–Crippen LogP) is 6.80. The van der Waals surface area contributed by atoms with Crippen LogP contribution in [0.25, 0.3) is 33.0 Å². The quantitative estimate of drug-likeness (QED) is 0.397. The molecule has 0 saturated heterocycles. The largest absolute Gasteiger partial charge is 0.247 e. The van der Waals surface area contributed by atoms with Gasteiger partial charge in [-0.1, -0.05) is 60.1 Å². The summed E-state index contributed by atoms with van der Waals surface area (Å²) >= 11 is 7.72. The molecule has 0 fully saturated rings. The fraction of sp³-hybridized carbons (Fsp3) is 0. The van der Waals surface area contributed by atoms with Crippen LogP contribution in [0.4, 0.5) is 0 Å². The van der Waals surface area contributed by atoms with Crippen molar-refractivity contribution in [3.63, 3.8) is 0 Å². The van der Waals surface area contributed by atoms with E-state index in [1.54, 1.807) is 11.3 Å². The Morgan fingerprint density at radius 3 is 2.12 bits per heavy atom. The van der Waals surface area contributed by atoms with Crippen molar-refractivity contribution in [1.82, 2.24) is 4.98 Å². The van der Waals surface area contributed by atoms with Gasteiger partial charge in [-0.3, -0.25) is 0 Å². The number of hydrogen-bond donors (Lipinski definition) is 0. The number of rotatable bonds is 3. The summed E-state index contributed by atoms with van der Waals surface area (Å²) in [4.78, 5) is 6.04. The summed E-state index contributed by atoms with van der Waals surface area (Å²) in [6.45, 7) is 0. The maximum atomic E-state index is 6.02. The topological polar surface area (TPSA) is 12.9 Å². The van der Waals surface area contributed by atoms with E-state index in [9.17, 15) is 0 Å². The number of halogens is 1. The van der Waals surface area contributed by atoms with Crippen LogP contribution in [0.15, 0.2) is 84.2 Å². The van der Waals surface area contributed by atoms with Crippen LogP contribution < -0.4 is 0 Å². The highest BCUT2D eigenvalue weighted by Crippen LogP contribution is 2.32. The Morgan fingerprint density at radius 2 is 1.42 bits per heavy atom. The third kappa shape index (κ3) is 3.12. The van der Waals surface area contributed by atoms with Crippen LogP contribution in [0.1, 0.15) is 0 Å². The molecule has 0 spiro atoms. The first-order chi connectivity index (χ1) is 11.8. The normalized spacial score (nSPS) is 10.7. The molecule has 0 amide bonds. The van der Waals surface area contributed by atoms with Crippen LogP contribution in [0.2, 0.25) is 5.02 Å². The van der Waals surface area contributed by atoms with Gasteiger partial charge in [-0.15, -0.1) is 11.3 Å². The maximum absolute atomic E-state index is 6.02. The summed E-state index contributed by atoms with van der Waals surface area (Å²) in [6.07, 6.45) is 0. The van der Waals surface area contributed by atoms with Gasteiger partial charge in [-0.05, 0) is 46.8 Å². The first kappa shape index (κ1) is 15.1. The SMILES string of the molecule is Clc1ccc(-c2cc(-c3ccccc3)cc(-c3cccs3)n2)cc1. The van der Waals surface area contributed by atoms with E-state index < -0.39 is 0 Å². The van der Waals surface area contributed by atoms with E-state index in [1.807, 2.05) is 30.3 Å². The molecule has 0 atom stereocenters. The van der Waals surface area contributed by atoms with Gasteiger partial charge in [0.1, 0.15) is 0 Å². The van der Waals surface area contributed by atoms with Crippen molar-refractivity contribution in [3.05, 3.63) is 89.3 Å². The molecule has 4 aromatic rings. The Morgan fingerprint density at radius 1 is 0.667 bits per heavy atom. The molecule has 0 unspecified atom stereocenters. The Kier molecular flexibility index (Phi) is 4.16. The molecule has 116 valence electrons. The van der Waals surface area contributed by atoms with Crippen LogP contribution in [0.5, 0.6) is 0 Å². The molecule has 0 N–H and O–H groups in total. The highest BCUT2D eigenvalue weighted by molar-refractivity contribution is 7.13. The third-order valence-corrected chi connectivity index (χ3v) is 4.99. The maximum Gasteiger partial charge on any atom is 0.0815 e. The minimum atomic E-state index is 0.733. The van der Waals surface area contributed by atoms with E-state index in [0.29, 0.717) is 0 Å². The lowest BCUT2D eigenvalue weighted by molar-refractivity contribution is 1.33. The van der Waals surface area contributed by atoms with E-state index >= 15 is 0 Å². The molecule has 4 rings (SSSR count). The average Bonchev–Trinajstić information content (AvgIpc) is 3.17. The summed E-state index contributed by atoms with van der Waals surface area (Å²) in [5.74, 6) is 0. The second-order valence-electron chi connectivity index (χ2n) is 5.48. The standard InChI is InChI=1S/C21H14ClNS/c22-18-10-8-16(9-11-18)19-13-17(15-5-2-1-3-6-15)14-20(23-19)21-7-4-12-24-21/h1-14H. The van der Waals surface area contributed by atoms with Crippen molar-refractivity contribution in [2.75, 3.05) is 0 Å². The molecule has 3 heteroatoms. The first-order valence-electron chi connectivity index (χ1n) is 7.67. The van der Waals surface area contributed by atoms with E-state index in [1.165, 1.54) is 16.0 Å². The molecule has 0 saturated carbocycles. The van der Waals surface area contributed by atoms with E-state index in [2.05, 4.69) is 53.9 Å². The third-order valence-electron chi connectivity index (χ3n) is 3.85. The van der Waals surface area contributed by atoms with Crippen LogP contribution in [0, 0.1) is 0 Å². The Labute approximate surface area is 150 Å². The van der Waals surface area contributed by atoms with Gasteiger partial charge in [-0.2, -0.15) is 0 Å². The van der Waals surface area contributed by atoms with Gasteiger partial charge in [0, 0.05) is 10.6 Å². The van der Waals surface area contributed by atoms with Gasteiger partial charge < -0.3 is 0 Å². The monoisotopic (exact) mass is 347 g/mol. The molecule has 0 aliphatic carbocycles. The number of aromatic nitrogens is 1. The predicted molar refractivity (Wildman–Crippen MR) is 103 cm³/mol. The first-order valence-corrected chi connectivity index (χ1v) is 8.93. The summed E-state index contributed by atoms with van der Waals surface area (Å²) in [6, 6.07) is 26.7. The van der Waals surface area contributed by atoms with Crippen LogP contribution >= 0.6 is 22.9 Å². The number of thiophene rings is 1. The molecule has 24 heavy (non-hydrogen) atoms. The van der Waals surface area contributed by atoms with Gasteiger partial charge in [0.2, 0.25) is 0 Å². The number of hydrogen-bond acceptors (Lipinski definition) is 2. The van der Waals surface area contributed by atoms with Gasteiger partial charge in [0.15, 0.2) is 0 Å². The van der Waals surface area contributed by atoms with Gasteiger partial charge in [-0.25, -0.2) is 4.98 Å². The van der Waals surface area contributed by atoms with E-state index in [0.717, 1.165) is 22.0 Å². The van der Waals surface area contributed by atoms with E-state index in [-0.39, 0.29) is 0 Å². The molecule has 2 aromatic carbocycles. The number of benzene rings is 2. The summed E-state index contributed by atoms with van der Waals surface area (Å²) in [7, 11) is 0. The molecule has 0 aliphatic rings. The van der Waals surface area contributed by atoms with Crippen molar-refractivity contribution in [2.45, 2.75) is 0 Å². The average molecular weight is 348 g/mol.